The molecule has 0 aliphatic rings. The minimum atomic E-state index is -0.219. The molecule has 0 saturated carbocycles. The van der Waals surface area contributed by atoms with Crippen LogP contribution < -0.4 is 5.73 Å². The number of nitrogens with two attached hydrogens (primary N) is 1. The van der Waals surface area contributed by atoms with Crippen LogP contribution in [0.2, 0.25) is 0 Å². The lowest BCUT2D eigenvalue weighted by molar-refractivity contribution is -0.142. The van der Waals surface area contributed by atoms with Gasteiger partial charge in [0.05, 0.1) is 24.4 Å². The summed E-state index contributed by atoms with van der Waals surface area (Å²) in [5.41, 5.74) is 8.73. The lowest BCUT2D eigenvalue weighted by atomic mass is 9.92. The summed E-state index contributed by atoms with van der Waals surface area (Å²) in [6.45, 7) is 8.50. The topological polar surface area (TPSA) is 70.1 Å². The van der Waals surface area contributed by atoms with Crippen molar-refractivity contribution in [1.82, 2.24) is 9.78 Å². The van der Waals surface area contributed by atoms with E-state index in [4.69, 9.17) is 10.5 Å². The average molecular weight is 338 g/mol. The molecule has 0 aliphatic carbocycles. The third kappa shape index (κ3) is 4.73. The molecule has 5 nitrogen and oxygen atoms in total. The van der Waals surface area contributed by atoms with Crippen molar-refractivity contribution in [3.8, 4) is 5.69 Å². The first-order chi connectivity index (χ1) is 10.3. The predicted octanol–water partition coefficient (Wildman–Crippen LogP) is 3.28. The van der Waals surface area contributed by atoms with E-state index in [1.807, 2.05) is 30.3 Å². The normalized spacial score (nSPS) is 11.0. The summed E-state index contributed by atoms with van der Waals surface area (Å²) in [5, 5.41) is 4.57. The second kappa shape index (κ2) is 7.51. The van der Waals surface area contributed by atoms with Crippen LogP contribution in [0, 0.1) is 0 Å². The molecule has 2 aromatic rings. The van der Waals surface area contributed by atoms with Gasteiger partial charge in [0.2, 0.25) is 0 Å². The van der Waals surface area contributed by atoms with Crippen molar-refractivity contribution in [3.63, 3.8) is 0 Å². The molecule has 0 atom stereocenters. The molecule has 0 aliphatic heterocycles. The smallest absolute Gasteiger partial charge is 0.310 e. The van der Waals surface area contributed by atoms with Gasteiger partial charge in [-0.15, -0.1) is 12.4 Å². The lowest BCUT2D eigenvalue weighted by Gasteiger charge is -2.14. The molecule has 126 valence electrons. The summed E-state index contributed by atoms with van der Waals surface area (Å²) in [6, 6.07) is 9.50. The van der Waals surface area contributed by atoms with Crippen LogP contribution in [0.15, 0.2) is 30.3 Å². The van der Waals surface area contributed by atoms with Gasteiger partial charge in [-0.2, -0.15) is 5.10 Å². The largest absolute Gasteiger partial charge is 0.466 e. The van der Waals surface area contributed by atoms with Gasteiger partial charge < -0.3 is 10.5 Å². The second-order valence-corrected chi connectivity index (χ2v) is 6.26. The van der Waals surface area contributed by atoms with Gasteiger partial charge in [-0.25, -0.2) is 4.68 Å². The molecule has 1 aromatic heterocycles. The van der Waals surface area contributed by atoms with Gasteiger partial charge in [-0.3, -0.25) is 4.79 Å². The number of nitrogens with zero attached hydrogens (tertiary/aromatic N) is 2. The first-order valence-electron chi connectivity index (χ1n) is 7.42. The van der Waals surface area contributed by atoms with E-state index in [1.54, 1.807) is 11.6 Å². The van der Waals surface area contributed by atoms with Gasteiger partial charge in [0.1, 0.15) is 5.82 Å². The highest BCUT2D eigenvalue weighted by Gasteiger charge is 2.19. The fraction of sp³-hybridized carbons (Fsp3) is 0.412. The highest BCUT2D eigenvalue weighted by atomic mass is 35.5. The van der Waals surface area contributed by atoms with Crippen LogP contribution in [0.1, 0.15) is 39.0 Å². The molecule has 2 rings (SSSR count). The quantitative estimate of drug-likeness (QED) is 0.869. The highest BCUT2D eigenvalue weighted by Crippen LogP contribution is 2.24. The van der Waals surface area contributed by atoms with Crippen molar-refractivity contribution in [2.45, 2.75) is 39.5 Å². The van der Waals surface area contributed by atoms with E-state index in [0.717, 1.165) is 16.9 Å². The maximum Gasteiger partial charge on any atom is 0.310 e. The van der Waals surface area contributed by atoms with Crippen molar-refractivity contribution in [3.05, 3.63) is 41.6 Å². The van der Waals surface area contributed by atoms with E-state index >= 15 is 0 Å². The van der Waals surface area contributed by atoms with Crippen molar-refractivity contribution >= 4 is 24.2 Å². The SMILES string of the molecule is CCOC(=O)Cc1ccc(-n2nc(C(C)(C)C)cc2N)cc1.Cl. The molecular weight excluding hydrogens is 314 g/mol. The molecule has 0 unspecified atom stereocenters. The van der Waals surface area contributed by atoms with Crippen molar-refractivity contribution in [1.29, 1.82) is 0 Å². The number of nitrogen functional groups attached to an aromatic ring is 1. The van der Waals surface area contributed by atoms with E-state index in [0.29, 0.717) is 12.4 Å². The van der Waals surface area contributed by atoms with Crippen molar-refractivity contribution in [2.75, 3.05) is 12.3 Å². The number of ether oxygens (including phenoxy) is 1. The Hall–Kier alpha value is -2.01. The third-order valence-electron chi connectivity index (χ3n) is 3.34. The van der Waals surface area contributed by atoms with E-state index in [1.165, 1.54) is 0 Å². The Morgan fingerprint density at radius 3 is 2.35 bits per heavy atom. The Bertz CT molecular complexity index is 657. The zero-order valence-electron chi connectivity index (χ0n) is 14.0. The summed E-state index contributed by atoms with van der Waals surface area (Å²) in [4.78, 5) is 11.5. The van der Waals surface area contributed by atoms with Gasteiger partial charge in [0.25, 0.3) is 0 Å². The Morgan fingerprint density at radius 1 is 1.26 bits per heavy atom. The second-order valence-electron chi connectivity index (χ2n) is 6.26. The molecule has 1 heterocycles. The lowest BCUT2D eigenvalue weighted by Crippen LogP contribution is -2.12. The Labute approximate surface area is 143 Å². The van der Waals surface area contributed by atoms with Crippen LogP contribution in [0.3, 0.4) is 0 Å². The number of anilines is 1. The molecule has 6 heteroatoms. The predicted molar refractivity (Wildman–Crippen MR) is 94.3 cm³/mol. The maximum atomic E-state index is 11.5. The summed E-state index contributed by atoms with van der Waals surface area (Å²) >= 11 is 0. The zero-order chi connectivity index (χ0) is 16.3. The third-order valence-corrected chi connectivity index (χ3v) is 3.34. The molecule has 2 N–H and O–H groups in total. The number of aromatic nitrogens is 2. The van der Waals surface area contributed by atoms with Gasteiger partial charge in [-0.05, 0) is 24.6 Å². The van der Waals surface area contributed by atoms with E-state index < -0.39 is 0 Å². The summed E-state index contributed by atoms with van der Waals surface area (Å²) < 4.78 is 6.66. The fourth-order valence-electron chi connectivity index (χ4n) is 2.10. The summed E-state index contributed by atoms with van der Waals surface area (Å²) in [7, 11) is 0. The summed E-state index contributed by atoms with van der Waals surface area (Å²) in [6.07, 6.45) is 0.274. The van der Waals surface area contributed by atoms with Crippen LogP contribution >= 0.6 is 12.4 Å². The fourth-order valence-corrected chi connectivity index (χ4v) is 2.10. The molecule has 23 heavy (non-hydrogen) atoms. The van der Waals surface area contributed by atoms with Gasteiger partial charge in [0, 0.05) is 11.5 Å². The Kier molecular flexibility index (Phi) is 6.21. The number of benzene rings is 1. The van der Waals surface area contributed by atoms with Gasteiger partial charge in [0.15, 0.2) is 0 Å². The summed E-state index contributed by atoms with van der Waals surface area (Å²) in [5.74, 6) is 0.381. The molecule has 0 radical (unpaired) electrons. The number of hydrogen-bond donors (Lipinski definition) is 1. The monoisotopic (exact) mass is 337 g/mol. The number of carbonyl (C=O) groups excluding carboxylic acids is 1. The van der Waals surface area contributed by atoms with Crippen molar-refractivity contribution < 1.29 is 9.53 Å². The number of halogens is 1. The van der Waals surface area contributed by atoms with Crippen LogP contribution in [-0.2, 0) is 21.4 Å². The zero-order valence-corrected chi connectivity index (χ0v) is 14.8. The Balaban J connectivity index is 0.00000264. The minimum Gasteiger partial charge on any atom is -0.466 e. The molecular formula is C17H24ClN3O2. The van der Waals surface area contributed by atoms with Crippen LogP contribution in [0.4, 0.5) is 5.82 Å². The van der Waals surface area contributed by atoms with E-state index in [9.17, 15) is 4.79 Å². The minimum absolute atomic E-state index is 0. The van der Waals surface area contributed by atoms with E-state index in [-0.39, 0.29) is 30.2 Å². The molecule has 1 aromatic carbocycles. The standard InChI is InChI=1S/C17H23N3O2.ClH/c1-5-22-16(21)10-12-6-8-13(9-7-12)20-15(18)11-14(19-20)17(2,3)4;/h6-9,11H,5,10,18H2,1-4H3;1H. The van der Waals surface area contributed by atoms with Crippen LogP contribution in [0.5, 0.6) is 0 Å². The maximum absolute atomic E-state index is 11.5. The average Bonchev–Trinajstić information content (AvgIpc) is 2.82. The molecule has 0 bridgehead atoms. The highest BCUT2D eigenvalue weighted by molar-refractivity contribution is 5.85. The molecule has 0 spiro atoms. The number of carbonyl (C=O) groups is 1. The van der Waals surface area contributed by atoms with Gasteiger partial charge >= 0.3 is 5.97 Å². The van der Waals surface area contributed by atoms with Gasteiger partial charge in [-0.1, -0.05) is 32.9 Å². The molecule has 0 fully saturated rings. The Morgan fingerprint density at radius 2 is 1.87 bits per heavy atom. The first kappa shape index (κ1) is 19.0. The van der Waals surface area contributed by atoms with E-state index in [2.05, 4.69) is 25.9 Å². The van der Waals surface area contributed by atoms with Crippen LogP contribution in [0.25, 0.3) is 5.69 Å². The molecule has 0 amide bonds. The number of hydrogen-bond acceptors (Lipinski definition) is 4. The number of rotatable bonds is 4. The molecule has 0 saturated heterocycles. The van der Waals surface area contributed by atoms with Crippen molar-refractivity contribution in [2.24, 2.45) is 0 Å². The number of esters is 1. The first-order valence-corrected chi connectivity index (χ1v) is 7.42. The van der Waals surface area contributed by atoms with Crippen LogP contribution in [-0.4, -0.2) is 22.4 Å².